The molecular weight excluding hydrogens is 328 g/mol. The van der Waals surface area contributed by atoms with Gasteiger partial charge < -0.3 is 9.47 Å². The second kappa shape index (κ2) is 7.04. The molecule has 0 aromatic heterocycles. The molecule has 0 spiro atoms. The smallest absolute Gasteiger partial charge is 0.123 e. The van der Waals surface area contributed by atoms with Crippen LogP contribution in [0.1, 0.15) is 59.1 Å². The predicted octanol–water partition coefficient (Wildman–Crippen LogP) is 5.45. The van der Waals surface area contributed by atoms with Crippen LogP contribution in [0.3, 0.4) is 0 Å². The Balaban J connectivity index is 3.35. The van der Waals surface area contributed by atoms with Crippen LogP contribution in [0.4, 0.5) is 0 Å². The molecule has 0 heterocycles. The lowest BCUT2D eigenvalue weighted by Crippen LogP contribution is -2.18. The summed E-state index contributed by atoms with van der Waals surface area (Å²) in [7, 11) is 1.74. The molecule has 1 aromatic carbocycles. The summed E-state index contributed by atoms with van der Waals surface area (Å²) < 4.78 is 11.7. The molecule has 0 N–H and O–H groups in total. The maximum absolute atomic E-state index is 6.05. The number of halogens is 1. The van der Waals surface area contributed by atoms with E-state index in [0.29, 0.717) is 0 Å². The van der Waals surface area contributed by atoms with Crippen LogP contribution in [0.15, 0.2) is 12.1 Å². The number of methoxy groups -OCH3 is 1. The summed E-state index contributed by atoms with van der Waals surface area (Å²) in [6.45, 7) is 13.9. The number of benzene rings is 1. The van der Waals surface area contributed by atoms with Crippen LogP contribution in [0.25, 0.3) is 0 Å². The molecule has 0 aliphatic carbocycles. The zero-order valence-corrected chi connectivity index (χ0v) is 16.1. The Morgan fingerprint density at radius 1 is 0.905 bits per heavy atom. The summed E-state index contributed by atoms with van der Waals surface area (Å²) in [6.07, 6.45) is 1.00. The summed E-state index contributed by atoms with van der Waals surface area (Å²) in [5, 5.41) is 0.958. The third-order valence-corrected chi connectivity index (χ3v) is 4.01. The van der Waals surface area contributed by atoms with E-state index in [4.69, 9.17) is 9.47 Å². The highest BCUT2D eigenvalue weighted by molar-refractivity contribution is 9.09. The van der Waals surface area contributed by atoms with Crippen molar-refractivity contribution in [1.82, 2.24) is 0 Å². The van der Waals surface area contributed by atoms with Crippen LogP contribution < -0.4 is 9.47 Å². The average Bonchev–Trinajstić information content (AvgIpc) is 2.36. The third kappa shape index (κ3) is 4.91. The van der Waals surface area contributed by atoms with Gasteiger partial charge in [-0.05, 0) is 29.4 Å². The minimum absolute atomic E-state index is 0.0213. The molecule has 21 heavy (non-hydrogen) atoms. The number of hydrogen-bond acceptors (Lipinski definition) is 2. The molecule has 120 valence electrons. The molecule has 0 amide bonds. The minimum atomic E-state index is 0.0213. The summed E-state index contributed by atoms with van der Waals surface area (Å²) >= 11 is 3.45. The molecule has 0 radical (unpaired) electrons. The first-order valence-corrected chi connectivity index (χ1v) is 8.65. The number of ether oxygens (including phenoxy) is 2. The SMILES string of the molecule is COc1cc(C(C)(C)C)c(OCCCBr)cc1C(C)(C)C. The van der Waals surface area contributed by atoms with Gasteiger partial charge in [0, 0.05) is 16.5 Å². The van der Waals surface area contributed by atoms with E-state index in [2.05, 4.69) is 69.6 Å². The van der Waals surface area contributed by atoms with Gasteiger partial charge in [0.1, 0.15) is 11.5 Å². The highest BCUT2D eigenvalue weighted by Crippen LogP contribution is 2.41. The largest absolute Gasteiger partial charge is 0.496 e. The fourth-order valence-corrected chi connectivity index (χ4v) is 2.49. The van der Waals surface area contributed by atoms with Crippen LogP contribution in [0.2, 0.25) is 0 Å². The van der Waals surface area contributed by atoms with Gasteiger partial charge >= 0.3 is 0 Å². The van der Waals surface area contributed by atoms with Gasteiger partial charge in [-0.15, -0.1) is 0 Å². The molecule has 0 aliphatic rings. The second-order valence-electron chi connectivity index (χ2n) is 7.44. The normalized spacial score (nSPS) is 12.4. The standard InChI is InChI=1S/C18H29BrO2/c1-17(2,3)13-12-16(21-10-8-9-19)14(18(4,5)6)11-15(13)20-7/h11-12H,8-10H2,1-7H3. The molecule has 0 bridgehead atoms. The Bertz CT molecular complexity index is 467. The molecule has 0 atom stereocenters. The molecular formula is C18H29BrO2. The zero-order chi connectivity index (χ0) is 16.3. The van der Waals surface area contributed by atoms with Crippen molar-refractivity contribution in [2.45, 2.75) is 58.8 Å². The molecule has 0 saturated heterocycles. The van der Waals surface area contributed by atoms with Crippen molar-refractivity contribution < 1.29 is 9.47 Å². The van der Waals surface area contributed by atoms with Crippen molar-refractivity contribution in [3.8, 4) is 11.5 Å². The lowest BCUT2D eigenvalue weighted by Gasteiger charge is -2.28. The molecule has 1 rings (SSSR count). The van der Waals surface area contributed by atoms with Gasteiger partial charge in [-0.1, -0.05) is 57.5 Å². The van der Waals surface area contributed by atoms with Crippen LogP contribution in [-0.4, -0.2) is 19.0 Å². The maximum Gasteiger partial charge on any atom is 0.123 e. The van der Waals surface area contributed by atoms with E-state index in [1.54, 1.807) is 7.11 Å². The zero-order valence-electron chi connectivity index (χ0n) is 14.5. The maximum atomic E-state index is 6.05. The Kier molecular flexibility index (Phi) is 6.15. The summed E-state index contributed by atoms with van der Waals surface area (Å²) in [4.78, 5) is 0. The Morgan fingerprint density at radius 2 is 1.38 bits per heavy atom. The van der Waals surface area contributed by atoms with Crippen molar-refractivity contribution in [3.63, 3.8) is 0 Å². The fraction of sp³-hybridized carbons (Fsp3) is 0.667. The van der Waals surface area contributed by atoms with Crippen LogP contribution in [-0.2, 0) is 10.8 Å². The second-order valence-corrected chi connectivity index (χ2v) is 8.23. The van der Waals surface area contributed by atoms with Crippen molar-refractivity contribution in [2.75, 3.05) is 19.0 Å². The van der Waals surface area contributed by atoms with Gasteiger partial charge in [-0.3, -0.25) is 0 Å². The van der Waals surface area contributed by atoms with Gasteiger partial charge in [-0.2, -0.15) is 0 Å². The van der Waals surface area contributed by atoms with E-state index in [0.717, 1.165) is 29.9 Å². The lowest BCUT2D eigenvalue weighted by molar-refractivity contribution is 0.307. The third-order valence-electron chi connectivity index (χ3n) is 3.45. The topological polar surface area (TPSA) is 18.5 Å². The van der Waals surface area contributed by atoms with E-state index < -0.39 is 0 Å². The number of hydrogen-bond donors (Lipinski definition) is 0. The Labute approximate surface area is 138 Å². The molecule has 0 fully saturated rings. The predicted molar refractivity (Wildman–Crippen MR) is 94.3 cm³/mol. The van der Waals surface area contributed by atoms with E-state index in [1.165, 1.54) is 11.1 Å². The molecule has 0 aliphatic heterocycles. The van der Waals surface area contributed by atoms with Crippen molar-refractivity contribution in [1.29, 1.82) is 0 Å². The van der Waals surface area contributed by atoms with Crippen molar-refractivity contribution >= 4 is 15.9 Å². The van der Waals surface area contributed by atoms with E-state index in [9.17, 15) is 0 Å². The van der Waals surface area contributed by atoms with E-state index in [-0.39, 0.29) is 10.8 Å². The Morgan fingerprint density at radius 3 is 1.81 bits per heavy atom. The molecule has 0 unspecified atom stereocenters. The Hall–Kier alpha value is -0.700. The highest BCUT2D eigenvalue weighted by Gasteiger charge is 2.26. The molecule has 0 saturated carbocycles. The van der Waals surface area contributed by atoms with Crippen LogP contribution >= 0.6 is 15.9 Å². The first-order chi connectivity index (χ1) is 9.61. The molecule has 1 aromatic rings. The van der Waals surface area contributed by atoms with Gasteiger partial charge in [0.05, 0.1) is 13.7 Å². The van der Waals surface area contributed by atoms with Crippen molar-refractivity contribution in [2.24, 2.45) is 0 Å². The van der Waals surface area contributed by atoms with Gasteiger partial charge in [-0.25, -0.2) is 0 Å². The van der Waals surface area contributed by atoms with Crippen molar-refractivity contribution in [3.05, 3.63) is 23.3 Å². The first-order valence-electron chi connectivity index (χ1n) is 7.53. The van der Waals surface area contributed by atoms with Gasteiger partial charge in [0.15, 0.2) is 0 Å². The highest BCUT2D eigenvalue weighted by atomic mass is 79.9. The van der Waals surface area contributed by atoms with E-state index in [1.807, 2.05) is 0 Å². The summed E-state index contributed by atoms with van der Waals surface area (Å²) in [6, 6.07) is 4.30. The first kappa shape index (κ1) is 18.3. The van der Waals surface area contributed by atoms with Gasteiger partial charge in [0.25, 0.3) is 0 Å². The molecule has 3 heteroatoms. The average molecular weight is 357 g/mol. The van der Waals surface area contributed by atoms with Gasteiger partial charge in [0.2, 0.25) is 0 Å². The summed E-state index contributed by atoms with van der Waals surface area (Å²) in [5.74, 6) is 1.93. The quantitative estimate of drug-likeness (QED) is 0.515. The summed E-state index contributed by atoms with van der Waals surface area (Å²) in [5.41, 5.74) is 2.43. The molecule has 2 nitrogen and oxygen atoms in total. The number of rotatable bonds is 5. The number of alkyl halides is 1. The lowest BCUT2D eigenvalue weighted by atomic mass is 9.81. The van der Waals surface area contributed by atoms with Crippen LogP contribution in [0.5, 0.6) is 11.5 Å². The van der Waals surface area contributed by atoms with E-state index >= 15 is 0 Å². The minimum Gasteiger partial charge on any atom is -0.496 e. The monoisotopic (exact) mass is 356 g/mol. The fourth-order valence-electron chi connectivity index (χ4n) is 2.26. The van der Waals surface area contributed by atoms with Crippen LogP contribution in [0, 0.1) is 0 Å².